The number of sulfonamides is 1. The first-order valence-corrected chi connectivity index (χ1v) is 6.73. The third kappa shape index (κ3) is 2.26. The molecule has 0 spiro atoms. The first-order chi connectivity index (χ1) is 7.60. The van der Waals surface area contributed by atoms with Gasteiger partial charge in [0.1, 0.15) is 0 Å². The van der Waals surface area contributed by atoms with Crippen LogP contribution in [0.1, 0.15) is 6.42 Å². The van der Waals surface area contributed by atoms with Crippen LogP contribution in [0.5, 0.6) is 0 Å². The summed E-state index contributed by atoms with van der Waals surface area (Å²) in [7, 11) is -1.64. The van der Waals surface area contributed by atoms with Crippen LogP contribution in [0.15, 0.2) is 17.6 Å². The van der Waals surface area contributed by atoms with Crippen molar-refractivity contribution in [3.05, 3.63) is 12.5 Å². The Morgan fingerprint density at radius 1 is 1.38 bits per heavy atom. The van der Waals surface area contributed by atoms with Gasteiger partial charge in [0.25, 0.3) is 10.0 Å². The van der Waals surface area contributed by atoms with Crippen LogP contribution in [0.2, 0.25) is 0 Å². The molecule has 2 heterocycles. The minimum absolute atomic E-state index is 0.136. The maximum atomic E-state index is 12.2. The minimum Gasteiger partial charge on any atom is -0.339 e. The lowest BCUT2D eigenvalue weighted by atomic mass is 10.4. The number of imidazole rings is 1. The lowest BCUT2D eigenvalue weighted by molar-refractivity contribution is 0.430. The Bertz CT molecular complexity index is 446. The molecule has 0 atom stereocenters. The van der Waals surface area contributed by atoms with Crippen molar-refractivity contribution >= 4 is 10.0 Å². The van der Waals surface area contributed by atoms with E-state index in [2.05, 4.69) is 10.3 Å². The van der Waals surface area contributed by atoms with E-state index in [9.17, 15) is 8.42 Å². The number of aromatic nitrogens is 2. The summed E-state index contributed by atoms with van der Waals surface area (Å²) in [6, 6.07) is 0. The summed E-state index contributed by atoms with van der Waals surface area (Å²) in [5.41, 5.74) is 0. The second kappa shape index (κ2) is 4.52. The Labute approximate surface area is 95.3 Å². The average molecular weight is 244 g/mol. The van der Waals surface area contributed by atoms with Gasteiger partial charge < -0.3 is 9.88 Å². The lowest BCUT2D eigenvalue weighted by Crippen LogP contribution is -2.34. The monoisotopic (exact) mass is 244 g/mol. The maximum Gasteiger partial charge on any atom is 0.262 e. The Morgan fingerprint density at radius 3 is 2.88 bits per heavy atom. The summed E-state index contributed by atoms with van der Waals surface area (Å²) >= 11 is 0. The van der Waals surface area contributed by atoms with Gasteiger partial charge >= 0.3 is 0 Å². The van der Waals surface area contributed by atoms with E-state index in [0.29, 0.717) is 19.6 Å². The molecule has 0 aliphatic carbocycles. The molecule has 0 saturated carbocycles. The van der Waals surface area contributed by atoms with Crippen molar-refractivity contribution in [3.63, 3.8) is 0 Å². The van der Waals surface area contributed by atoms with Gasteiger partial charge in [0.15, 0.2) is 5.03 Å². The largest absolute Gasteiger partial charge is 0.339 e. The molecule has 1 aliphatic rings. The standard InChI is InChI=1S/C9H16N4O2S/c1-12-7-9(11-8-12)16(14,15)13-5-2-3-10-4-6-13/h7-8,10H,2-6H2,1H3. The van der Waals surface area contributed by atoms with Crippen LogP contribution >= 0.6 is 0 Å². The highest BCUT2D eigenvalue weighted by Crippen LogP contribution is 2.13. The summed E-state index contributed by atoms with van der Waals surface area (Å²) in [4.78, 5) is 3.91. The van der Waals surface area contributed by atoms with Gasteiger partial charge in [-0.3, -0.25) is 0 Å². The van der Waals surface area contributed by atoms with E-state index >= 15 is 0 Å². The fourth-order valence-corrected chi connectivity index (χ4v) is 3.16. The topological polar surface area (TPSA) is 67.2 Å². The molecule has 6 nitrogen and oxygen atoms in total. The summed E-state index contributed by atoms with van der Waals surface area (Å²) < 4.78 is 27.5. The van der Waals surface area contributed by atoms with Gasteiger partial charge in [-0.25, -0.2) is 13.4 Å². The molecule has 90 valence electrons. The zero-order valence-electron chi connectivity index (χ0n) is 9.26. The van der Waals surface area contributed by atoms with Crippen LogP contribution in [0.4, 0.5) is 0 Å². The van der Waals surface area contributed by atoms with Crippen LogP contribution in [0, 0.1) is 0 Å². The number of aryl methyl sites for hydroxylation is 1. The summed E-state index contributed by atoms with van der Waals surface area (Å²) in [5.74, 6) is 0. The molecule has 0 unspecified atom stereocenters. The van der Waals surface area contributed by atoms with E-state index in [-0.39, 0.29) is 5.03 Å². The molecular weight excluding hydrogens is 228 g/mol. The van der Waals surface area contributed by atoms with E-state index in [1.807, 2.05) is 0 Å². The number of nitrogens with one attached hydrogen (secondary N) is 1. The molecule has 2 rings (SSSR count). The highest BCUT2D eigenvalue weighted by Gasteiger charge is 2.26. The molecule has 0 bridgehead atoms. The number of hydrogen-bond acceptors (Lipinski definition) is 4. The van der Waals surface area contributed by atoms with Crippen molar-refractivity contribution in [1.29, 1.82) is 0 Å². The van der Waals surface area contributed by atoms with Crippen LogP contribution in [-0.2, 0) is 17.1 Å². The van der Waals surface area contributed by atoms with E-state index in [1.54, 1.807) is 11.6 Å². The van der Waals surface area contributed by atoms with Gasteiger partial charge in [-0.1, -0.05) is 0 Å². The zero-order valence-corrected chi connectivity index (χ0v) is 10.1. The van der Waals surface area contributed by atoms with Crippen LogP contribution in [-0.4, -0.2) is 48.5 Å². The Morgan fingerprint density at radius 2 is 2.19 bits per heavy atom. The van der Waals surface area contributed by atoms with Crippen molar-refractivity contribution in [2.75, 3.05) is 26.2 Å². The predicted molar refractivity (Wildman–Crippen MR) is 59.5 cm³/mol. The van der Waals surface area contributed by atoms with E-state index in [1.165, 1.54) is 16.8 Å². The normalized spacial score (nSPS) is 19.6. The van der Waals surface area contributed by atoms with E-state index in [4.69, 9.17) is 0 Å². The van der Waals surface area contributed by atoms with Crippen molar-refractivity contribution in [3.8, 4) is 0 Å². The Balaban J connectivity index is 2.23. The van der Waals surface area contributed by atoms with Crippen LogP contribution in [0.25, 0.3) is 0 Å². The van der Waals surface area contributed by atoms with Gasteiger partial charge in [0.2, 0.25) is 0 Å². The van der Waals surface area contributed by atoms with Crippen LogP contribution < -0.4 is 5.32 Å². The van der Waals surface area contributed by atoms with Gasteiger partial charge in [-0.05, 0) is 13.0 Å². The molecule has 7 heteroatoms. The smallest absolute Gasteiger partial charge is 0.262 e. The average Bonchev–Trinajstić information content (AvgIpc) is 2.54. The van der Waals surface area contributed by atoms with Crippen molar-refractivity contribution in [1.82, 2.24) is 19.2 Å². The highest BCUT2D eigenvalue weighted by molar-refractivity contribution is 7.89. The summed E-state index contributed by atoms with van der Waals surface area (Å²) in [6.45, 7) is 2.64. The lowest BCUT2D eigenvalue weighted by Gasteiger charge is -2.17. The number of nitrogens with zero attached hydrogens (tertiary/aromatic N) is 3. The highest BCUT2D eigenvalue weighted by atomic mass is 32.2. The molecule has 1 saturated heterocycles. The first kappa shape index (κ1) is 11.6. The molecule has 1 aromatic heterocycles. The molecule has 16 heavy (non-hydrogen) atoms. The second-order valence-corrected chi connectivity index (χ2v) is 5.77. The van der Waals surface area contributed by atoms with E-state index in [0.717, 1.165) is 13.0 Å². The van der Waals surface area contributed by atoms with Crippen molar-refractivity contribution < 1.29 is 8.42 Å². The zero-order chi connectivity index (χ0) is 11.6. The third-order valence-corrected chi connectivity index (χ3v) is 4.37. The van der Waals surface area contributed by atoms with Gasteiger partial charge in [-0.2, -0.15) is 4.31 Å². The van der Waals surface area contributed by atoms with Gasteiger partial charge in [0, 0.05) is 32.9 Å². The van der Waals surface area contributed by atoms with Gasteiger partial charge in [-0.15, -0.1) is 0 Å². The Hall–Kier alpha value is -0.920. The molecular formula is C9H16N4O2S. The number of hydrogen-bond donors (Lipinski definition) is 1. The molecule has 0 radical (unpaired) electrons. The molecule has 1 fully saturated rings. The third-order valence-electron chi connectivity index (χ3n) is 2.58. The van der Waals surface area contributed by atoms with Crippen molar-refractivity contribution in [2.24, 2.45) is 7.05 Å². The minimum atomic E-state index is -3.40. The predicted octanol–water partition coefficient (Wildman–Crippen LogP) is -0.596. The molecule has 1 N–H and O–H groups in total. The maximum absolute atomic E-state index is 12.2. The SMILES string of the molecule is Cn1cnc(S(=O)(=O)N2CCCNCC2)c1. The summed E-state index contributed by atoms with van der Waals surface area (Å²) in [5, 5.41) is 3.31. The van der Waals surface area contributed by atoms with Crippen molar-refractivity contribution in [2.45, 2.75) is 11.4 Å². The fraction of sp³-hybridized carbons (Fsp3) is 0.667. The molecule has 0 amide bonds. The first-order valence-electron chi connectivity index (χ1n) is 5.29. The molecule has 1 aliphatic heterocycles. The van der Waals surface area contributed by atoms with Crippen LogP contribution in [0.3, 0.4) is 0 Å². The quantitative estimate of drug-likeness (QED) is 0.754. The fourth-order valence-electron chi connectivity index (χ4n) is 1.72. The summed E-state index contributed by atoms with van der Waals surface area (Å²) in [6.07, 6.45) is 3.88. The number of rotatable bonds is 2. The second-order valence-electron chi connectivity index (χ2n) is 3.89. The molecule has 1 aromatic rings. The molecule has 0 aromatic carbocycles. The van der Waals surface area contributed by atoms with E-state index < -0.39 is 10.0 Å². The van der Waals surface area contributed by atoms with Gasteiger partial charge in [0.05, 0.1) is 6.33 Å². The Kier molecular flexibility index (Phi) is 3.27.